The number of allylic oxidation sites excluding steroid dienone is 2. The molecule has 1 aromatic heterocycles. The molecule has 0 atom stereocenters. The van der Waals surface area contributed by atoms with E-state index in [4.69, 9.17) is 0 Å². The lowest BCUT2D eigenvalue weighted by molar-refractivity contribution is 1.04. The average Bonchev–Trinajstić information content (AvgIpc) is 2.09. The summed E-state index contributed by atoms with van der Waals surface area (Å²) in [5.41, 5.74) is 2.35. The molecule has 0 amide bonds. The molecule has 0 fully saturated rings. The number of pyridine rings is 1. The van der Waals surface area contributed by atoms with Crippen molar-refractivity contribution in [3.05, 3.63) is 54.9 Å². The smallest absolute Gasteiger partial charge is 0.0476 e. The first-order valence-electron chi connectivity index (χ1n) is 4.03. The van der Waals surface area contributed by atoms with Gasteiger partial charge in [0.05, 0.1) is 0 Å². The van der Waals surface area contributed by atoms with Gasteiger partial charge in [0, 0.05) is 18.3 Å². The van der Waals surface area contributed by atoms with Crippen LogP contribution >= 0.6 is 17.0 Å². The van der Waals surface area contributed by atoms with Crippen LogP contribution in [0.1, 0.15) is 11.3 Å². The molecular formula is C11H14BrN. The summed E-state index contributed by atoms with van der Waals surface area (Å²) in [7, 11) is 0. The van der Waals surface area contributed by atoms with Crippen molar-refractivity contribution in [2.45, 2.75) is 12.8 Å². The summed E-state index contributed by atoms with van der Waals surface area (Å²) in [6, 6.07) is 4.03. The maximum Gasteiger partial charge on any atom is 0.0476 e. The van der Waals surface area contributed by atoms with E-state index in [1.54, 1.807) is 0 Å². The van der Waals surface area contributed by atoms with Gasteiger partial charge in [0.15, 0.2) is 0 Å². The van der Waals surface area contributed by atoms with E-state index in [-0.39, 0.29) is 17.0 Å². The summed E-state index contributed by atoms with van der Waals surface area (Å²) in [6.07, 6.45) is 7.30. The zero-order chi connectivity index (χ0) is 8.81. The van der Waals surface area contributed by atoms with Gasteiger partial charge in [0.2, 0.25) is 0 Å². The Kier molecular flexibility index (Phi) is 6.15. The van der Waals surface area contributed by atoms with Crippen molar-refractivity contribution < 1.29 is 0 Å². The third-order valence-corrected chi connectivity index (χ3v) is 1.69. The Bertz CT molecular complexity index is 252. The fourth-order valence-corrected chi connectivity index (χ4v) is 1.13. The zero-order valence-electron chi connectivity index (χ0n) is 7.57. The van der Waals surface area contributed by atoms with Crippen LogP contribution in [0.3, 0.4) is 0 Å². The fourth-order valence-electron chi connectivity index (χ4n) is 1.13. The van der Waals surface area contributed by atoms with Gasteiger partial charge in [-0.15, -0.1) is 30.1 Å². The van der Waals surface area contributed by atoms with Gasteiger partial charge in [0.1, 0.15) is 0 Å². The van der Waals surface area contributed by atoms with Crippen LogP contribution in [0.15, 0.2) is 43.6 Å². The lowest BCUT2D eigenvalue weighted by Gasteiger charge is -2.02. The van der Waals surface area contributed by atoms with E-state index in [2.05, 4.69) is 24.2 Å². The standard InChI is InChI=1S/C11H13N.BrH/c1-3-6-10-8-5-9-12-11(10)7-4-2;/h3-5,8-9H,1-2,6-7H2;1H. The Hall–Kier alpha value is -0.890. The number of hydrogen-bond acceptors (Lipinski definition) is 1. The second-order valence-corrected chi connectivity index (χ2v) is 2.59. The summed E-state index contributed by atoms with van der Waals surface area (Å²) >= 11 is 0. The van der Waals surface area contributed by atoms with Gasteiger partial charge in [-0.05, 0) is 18.1 Å². The molecule has 0 unspecified atom stereocenters. The average molecular weight is 240 g/mol. The van der Waals surface area contributed by atoms with Crippen LogP contribution in [0, 0.1) is 0 Å². The first-order chi connectivity index (χ1) is 5.88. The number of aromatic nitrogens is 1. The minimum atomic E-state index is 0. The van der Waals surface area contributed by atoms with Gasteiger partial charge in [-0.2, -0.15) is 0 Å². The molecule has 2 heteroatoms. The third-order valence-electron chi connectivity index (χ3n) is 1.69. The summed E-state index contributed by atoms with van der Waals surface area (Å²) < 4.78 is 0. The molecule has 0 aromatic carbocycles. The van der Waals surface area contributed by atoms with Crippen molar-refractivity contribution >= 4 is 17.0 Å². The minimum absolute atomic E-state index is 0. The highest BCUT2D eigenvalue weighted by molar-refractivity contribution is 8.93. The Morgan fingerprint density at radius 2 is 1.92 bits per heavy atom. The van der Waals surface area contributed by atoms with Crippen molar-refractivity contribution in [3.8, 4) is 0 Å². The number of rotatable bonds is 4. The number of hydrogen-bond donors (Lipinski definition) is 0. The molecule has 1 nitrogen and oxygen atoms in total. The van der Waals surface area contributed by atoms with Crippen molar-refractivity contribution in [1.29, 1.82) is 0 Å². The van der Waals surface area contributed by atoms with E-state index in [0.29, 0.717) is 0 Å². The predicted octanol–water partition coefficient (Wildman–Crippen LogP) is 3.12. The summed E-state index contributed by atoms with van der Waals surface area (Å²) in [6.45, 7) is 7.39. The second kappa shape index (κ2) is 6.61. The number of nitrogens with zero attached hydrogens (tertiary/aromatic N) is 1. The molecule has 0 saturated heterocycles. The molecule has 0 radical (unpaired) electrons. The topological polar surface area (TPSA) is 12.9 Å². The molecule has 13 heavy (non-hydrogen) atoms. The summed E-state index contributed by atoms with van der Waals surface area (Å²) in [5.74, 6) is 0. The van der Waals surface area contributed by atoms with Crippen molar-refractivity contribution in [1.82, 2.24) is 4.98 Å². The van der Waals surface area contributed by atoms with Gasteiger partial charge in [-0.25, -0.2) is 0 Å². The normalized spacial score (nSPS) is 8.62. The highest BCUT2D eigenvalue weighted by Crippen LogP contribution is 2.07. The first-order valence-corrected chi connectivity index (χ1v) is 4.03. The molecule has 0 aliphatic rings. The van der Waals surface area contributed by atoms with E-state index in [1.165, 1.54) is 5.56 Å². The van der Waals surface area contributed by atoms with Crippen molar-refractivity contribution in [2.75, 3.05) is 0 Å². The van der Waals surface area contributed by atoms with E-state index >= 15 is 0 Å². The van der Waals surface area contributed by atoms with Gasteiger partial charge < -0.3 is 0 Å². The molecule has 1 heterocycles. The van der Waals surface area contributed by atoms with Crippen LogP contribution in [0.4, 0.5) is 0 Å². The maximum absolute atomic E-state index is 4.27. The van der Waals surface area contributed by atoms with Gasteiger partial charge in [0.25, 0.3) is 0 Å². The largest absolute Gasteiger partial charge is 0.261 e. The lowest BCUT2D eigenvalue weighted by atomic mass is 10.1. The van der Waals surface area contributed by atoms with E-state index in [9.17, 15) is 0 Å². The van der Waals surface area contributed by atoms with Crippen LogP contribution in [-0.4, -0.2) is 4.98 Å². The highest BCUT2D eigenvalue weighted by Gasteiger charge is 1.97. The quantitative estimate of drug-likeness (QED) is 0.737. The Morgan fingerprint density at radius 3 is 2.54 bits per heavy atom. The van der Waals surface area contributed by atoms with Crippen LogP contribution in [0.5, 0.6) is 0 Å². The van der Waals surface area contributed by atoms with Gasteiger partial charge in [-0.1, -0.05) is 18.2 Å². The van der Waals surface area contributed by atoms with E-state index < -0.39 is 0 Å². The maximum atomic E-state index is 4.27. The van der Waals surface area contributed by atoms with Gasteiger partial charge >= 0.3 is 0 Å². The van der Waals surface area contributed by atoms with Crippen LogP contribution in [0.2, 0.25) is 0 Å². The molecule has 0 N–H and O–H groups in total. The minimum Gasteiger partial charge on any atom is -0.261 e. The monoisotopic (exact) mass is 239 g/mol. The Labute approximate surface area is 90.0 Å². The van der Waals surface area contributed by atoms with Crippen LogP contribution in [0.25, 0.3) is 0 Å². The predicted molar refractivity (Wildman–Crippen MR) is 62.4 cm³/mol. The zero-order valence-corrected chi connectivity index (χ0v) is 9.28. The Balaban J connectivity index is 0.00000144. The van der Waals surface area contributed by atoms with E-state index in [1.807, 2.05) is 24.4 Å². The molecule has 0 saturated carbocycles. The number of halogens is 1. The molecule has 1 rings (SSSR count). The van der Waals surface area contributed by atoms with Crippen molar-refractivity contribution in [2.24, 2.45) is 0 Å². The lowest BCUT2D eigenvalue weighted by Crippen LogP contribution is -1.94. The highest BCUT2D eigenvalue weighted by atomic mass is 79.9. The van der Waals surface area contributed by atoms with Crippen LogP contribution in [-0.2, 0) is 12.8 Å². The third kappa shape index (κ3) is 3.55. The molecule has 0 spiro atoms. The molecule has 0 aliphatic carbocycles. The second-order valence-electron chi connectivity index (χ2n) is 2.59. The van der Waals surface area contributed by atoms with Crippen LogP contribution < -0.4 is 0 Å². The summed E-state index contributed by atoms with van der Waals surface area (Å²) in [4.78, 5) is 4.27. The molecular weight excluding hydrogens is 226 g/mol. The Morgan fingerprint density at radius 1 is 1.23 bits per heavy atom. The SMILES string of the molecule is Br.C=CCc1cccnc1CC=C. The fraction of sp³-hybridized carbons (Fsp3) is 0.182. The molecule has 1 aromatic rings. The first kappa shape index (κ1) is 12.1. The van der Waals surface area contributed by atoms with Gasteiger partial charge in [-0.3, -0.25) is 4.98 Å². The van der Waals surface area contributed by atoms with Crippen molar-refractivity contribution in [3.63, 3.8) is 0 Å². The molecule has 0 bridgehead atoms. The molecule has 0 aliphatic heterocycles. The van der Waals surface area contributed by atoms with E-state index in [0.717, 1.165) is 18.5 Å². The molecule has 70 valence electrons. The summed E-state index contributed by atoms with van der Waals surface area (Å²) in [5, 5.41) is 0.